The molecule has 8 N–H and O–H groups in total. The van der Waals surface area contributed by atoms with Gasteiger partial charge in [-0.05, 0) is 83.5 Å². The minimum atomic E-state index is -5.39. The minimum absolute atomic E-state index is 0.0186. The summed E-state index contributed by atoms with van der Waals surface area (Å²) in [4.78, 5) is 54.2. The molecule has 0 radical (unpaired) electrons. The molecule has 17 nitrogen and oxygen atoms in total. The maximum absolute atomic E-state index is 13.0. The van der Waals surface area contributed by atoms with Gasteiger partial charge in [0.05, 0.1) is 12.7 Å². The number of phosphoric ester groups is 2. The monoisotopic (exact) mass is 1000 g/mol. The molecule has 1 aliphatic carbocycles. The van der Waals surface area contributed by atoms with Crippen molar-refractivity contribution in [1.29, 1.82) is 0 Å². The Hall–Kier alpha value is -3.38. The molecule has 9 atom stereocenters. The SMILES string of the molecule is CCCCC/C=C\C/C=C\C/C=C\C/C=C\CCCC(=O)OC[C@H](COP(=O)(O)O[C@H]1C(O)C(O)C(O)[C@@H](OP(=O)(O)O)C1O)OC(=O)CCC/C=C\C/C=C\C/C=C\C/C=C\C=C\[C@H](O)CC. The molecular weight excluding hydrogens is 922 g/mol. The number of carbonyl (C=O) groups excluding carboxylic acids is 2. The summed E-state index contributed by atoms with van der Waals surface area (Å²) in [6.07, 6.45) is 32.9. The second-order valence-electron chi connectivity index (χ2n) is 15.9. The van der Waals surface area contributed by atoms with Gasteiger partial charge >= 0.3 is 27.6 Å². The molecule has 0 bridgehead atoms. The number of hydrogen-bond acceptors (Lipinski definition) is 14. The van der Waals surface area contributed by atoms with Crippen molar-refractivity contribution in [1.82, 2.24) is 0 Å². The molecule has 19 heteroatoms. The molecule has 1 aliphatic rings. The highest BCUT2D eigenvalue weighted by molar-refractivity contribution is 7.47. The zero-order chi connectivity index (χ0) is 50.5. The van der Waals surface area contributed by atoms with Crippen LogP contribution >= 0.6 is 15.6 Å². The normalized spacial score (nSPS) is 22.7. The minimum Gasteiger partial charge on any atom is -0.462 e. The zero-order valence-corrected chi connectivity index (χ0v) is 41.4. The van der Waals surface area contributed by atoms with Gasteiger partial charge in [-0.25, -0.2) is 9.13 Å². The largest absolute Gasteiger partial charge is 0.472 e. The van der Waals surface area contributed by atoms with Crippen LogP contribution < -0.4 is 0 Å². The van der Waals surface area contributed by atoms with Crippen LogP contribution in [0.15, 0.2) is 109 Å². The van der Waals surface area contributed by atoms with E-state index in [1.165, 1.54) is 19.3 Å². The second-order valence-corrected chi connectivity index (χ2v) is 18.5. The smallest absolute Gasteiger partial charge is 0.462 e. The average molecular weight is 1000 g/mol. The van der Waals surface area contributed by atoms with Crippen LogP contribution in [0.2, 0.25) is 0 Å². The fraction of sp³-hybridized carbons (Fsp3) is 0.592. The Morgan fingerprint density at radius 1 is 0.544 bits per heavy atom. The van der Waals surface area contributed by atoms with E-state index in [2.05, 4.69) is 47.9 Å². The number of carbonyl (C=O) groups is 2. The molecule has 0 saturated heterocycles. The molecule has 0 aromatic carbocycles. The summed E-state index contributed by atoms with van der Waals surface area (Å²) in [5, 5.41) is 50.7. The van der Waals surface area contributed by atoms with E-state index < -0.39 is 89.6 Å². The summed E-state index contributed by atoms with van der Waals surface area (Å²) < 4.78 is 49.2. The van der Waals surface area contributed by atoms with Crippen LogP contribution in [0.3, 0.4) is 0 Å². The Balaban J connectivity index is 2.69. The number of rotatable bonds is 37. The van der Waals surface area contributed by atoms with Gasteiger partial charge in [0.25, 0.3) is 0 Å². The number of unbranched alkanes of at least 4 members (excludes halogenated alkanes) is 5. The predicted octanol–water partition coefficient (Wildman–Crippen LogP) is 7.92. The van der Waals surface area contributed by atoms with Crippen LogP contribution in [0.5, 0.6) is 0 Å². The van der Waals surface area contributed by atoms with E-state index >= 15 is 0 Å². The van der Waals surface area contributed by atoms with Gasteiger partial charge < -0.3 is 49.7 Å². The molecule has 68 heavy (non-hydrogen) atoms. The first kappa shape index (κ1) is 62.6. The highest BCUT2D eigenvalue weighted by Gasteiger charge is 2.54. The molecule has 0 amide bonds. The summed E-state index contributed by atoms with van der Waals surface area (Å²) in [5.41, 5.74) is 0. The first-order valence-corrected chi connectivity index (χ1v) is 26.6. The topological polar surface area (TPSA) is 276 Å². The van der Waals surface area contributed by atoms with Crippen LogP contribution in [0, 0.1) is 0 Å². The van der Waals surface area contributed by atoms with Gasteiger partial charge in [-0.15, -0.1) is 0 Å². The summed E-state index contributed by atoms with van der Waals surface area (Å²) >= 11 is 0. The quantitative estimate of drug-likeness (QED) is 0.00965. The Bertz CT molecular complexity index is 1750. The number of ether oxygens (including phenoxy) is 2. The van der Waals surface area contributed by atoms with Crippen LogP contribution in [0.25, 0.3) is 0 Å². The number of allylic oxidation sites excluding steroid dienone is 17. The maximum Gasteiger partial charge on any atom is 0.472 e. The number of aliphatic hydroxyl groups excluding tert-OH is 5. The van der Waals surface area contributed by atoms with Crippen LogP contribution in [0.1, 0.15) is 123 Å². The van der Waals surface area contributed by atoms with Gasteiger partial charge in [0, 0.05) is 12.8 Å². The van der Waals surface area contributed by atoms with E-state index in [9.17, 15) is 58.9 Å². The number of aliphatic hydroxyl groups is 5. The van der Waals surface area contributed by atoms with Crippen molar-refractivity contribution < 1.29 is 82.0 Å². The first-order chi connectivity index (χ1) is 32.5. The van der Waals surface area contributed by atoms with Crippen molar-refractivity contribution in [3.63, 3.8) is 0 Å². The Labute approximate surface area is 402 Å². The summed E-state index contributed by atoms with van der Waals surface area (Å²) in [5.74, 6) is -1.37. The third-order valence-corrected chi connectivity index (χ3v) is 11.5. The Morgan fingerprint density at radius 2 is 1.00 bits per heavy atom. The Morgan fingerprint density at radius 3 is 1.49 bits per heavy atom. The molecule has 0 aromatic rings. The maximum atomic E-state index is 13.0. The lowest BCUT2D eigenvalue weighted by Gasteiger charge is -2.43. The van der Waals surface area contributed by atoms with Crippen molar-refractivity contribution in [2.24, 2.45) is 0 Å². The molecule has 1 rings (SSSR count). The van der Waals surface area contributed by atoms with Gasteiger partial charge in [-0.1, -0.05) is 136 Å². The van der Waals surface area contributed by atoms with Gasteiger partial charge in [0.15, 0.2) is 6.10 Å². The number of phosphoric acid groups is 2. The molecule has 1 fully saturated rings. The molecule has 0 spiro atoms. The summed E-state index contributed by atoms with van der Waals surface area (Å²) in [6, 6.07) is 0. The van der Waals surface area contributed by atoms with E-state index in [4.69, 9.17) is 18.5 Å². The molecule has 386 valence electrons. The van der Waals surface area contributed by atoms with Crippen molar-refractivity contribution >= 4 is 27.6 Å². The van der Waals surface area contributed by atoms with E-state index in [0.29, 0.717) is 38.5 Å². The van der Waals surface area contributed by atoms with Crippen LogP contribution in [-0.2, 0) is 41.8 Å². The molecule has 0 heterocycles. The van der Waals surface area contributed by atoms with Crippen molar-refractivity contribution in [2.45, 2.75) is 172 Å². The first-order valence-electron chi connectivity index (χ1n) is 23.5. The van der Waals surface area contributed by atoms with Crippen LogP contribution in [0.4, 0.5) is 0 Å². The van der Waals surface area contributed by atoms with Crippen molar-refractivity contribution in [3.8, 4) is 0 Å². The lowest BCUT2D eigenvalue weighted by atomic mass is 9.85. The second kappa shape index (κ2) is 38.4. The van der Waals surface area contributed by atoms with Gasteiger partial charge in [-0.2, -0.15) is 0 Å². The van der Waals surface area contributed by atoms with Gasteiger partial charge in [0.1, 0.15) is 43.2 Å². The average Bonchev–Trinajstić information content (AvgIpc) is 3.29. The molecule has 0 aliphatic heterocycles. The molecule has 5 unspecified atom stereocenters. The fourth-order valence-electron chi connectivity index (χ4n) is 6.18. The standard InChI is InChI=1S/C49H78O17P2/c1-3-5-6-7-8-9-10-11-12-13-14-18-21-24-27-30-33-36-42(51)62-38-41(39-63-68(60,61)66-49-46(55)44(53)45(54)48(47(49)56)65-67(57,58)59)64-43(52)37-34-31-28-25-22-19-16-15-17-20-23-26-29-32-35-40(50)4-2/h8-9,11-12,14,16-20,24-29,32,35,40-41,44-50,53-56H,3-7,10,13,15,21-23,30-31,33-34,36-39H2,1-2H3,(H,60,61)(H2,57,58,59)/b9-8-,12-11-,18-14-,19-16-,20-17-,27-24-,28-25-,29-26-,35-32+/t40-,41-,44?,45?,46?,47?,48-,49+/m1/s1. The summed E-state index contributed by atoms with van der Waals surface area (Å²) in [6.45, 7) is 2.64. The molecule has 1 saturated carbocycles. The van der Waals surface area contributed by atoms with E-state index in [1.807, 2.05) is 73.8 Å². The van der Waals surface area contributed by atoms with Gasteiger partial charge in [-0.3, -0.25) is 23.2 Å². The summed E-state index contributed by atoms with van der Waals surface area (Å²) in [7, 11) is -10.7. The third-order valence-electron chi connectivity index (χ3n) is 9.99. The Kier molecular flexibility index (Phi) is 35.4. The van der Waals surface area contributed by atoms with E-state index in [0.717, 1.165) is 38.5 Å². The fourth-order valence-corrected chi connectivity index (χ4v) is 7.72. The lowest BCUT2D eigenvalue weighted by molar-refractivity contribution is -0.216. The highest BCUT2D eigenvalue weighted by Crippen LogP contribution is 2.49. The van der Waals surface area contributed by atoms with Crippen LogP contribution in [-0.4, -0.2) is 114 Å². The van der Waals surface area contributed by atoms with E-state index in [1.54, 1.807) is 6.08 Å². The van der Waals surface area contributed by atoms with E-state index in [-0.39, 0.29) is 12.8 Å². The molecule has 0 aromatic heterocycles. The van der Waals surface area contributed by atoms with Crippen molar-refractivity contribution in [3.05, 3.63) is 109 Å². The number of esters is 2. The number of hydrogen-bond donors (Lipinski definition) is 8. The predicted molar refractivity (Wildman–Crippen MR) is 261 cm³/mol. The highest BCUT2D eigenvalue weighted by atomic mass is 31.2. The lowest BCUT2D eigenvalue weighted by Crippen LogP contribution is -2.64. The third kappa shape index (κ3) is 32.4. The van der Waals surface area contributed by atoms with Crippen molar-refractivity contribution in [2.75, 3.05) is 13.2 Å². The zero-order valence-electron chi connectivity index (χ0n) is 39.6. The molecular formula is C49H78O17P2. The van der Waals surface area contributed by atoms with Gasteiger partial charge in [0.2, 0.25) is 0 Å².